The normalized spacial score (nSPS) is 10.8. The van der Waals surface area contributed by atoms with Gasteiger partial charge in [0.2, 0.25) is 0 Å². The molecule has 4 nitrogen and oxygen atoms in total. The Morgan fingerprint density at radius 1 is 1.14 bits per heavy atom. The Kier molecular flexibility index (Phi) is 3.14. The Balaban J connectivity index is 1.96. The molecule has 2 N–H and O–H groups in total. The molecule has 1 amide bonds. The SMILES string of the molecule is Cc1ccc(C(=O)N(C)c2ccc3cc[nH]c3c2)c(O)c1. The lowest BCUT2D eigenvalue weighted by molar-refractivity contribution is 0.0990. The number of phenolic OH excluding ortho intramolecular Hbond substituents is 1. The number of anilines is 1. The third kappa shape index (κ3) is 2.36. The van der Waals surface area contributed by atoms with Gasteiger partial charge in [-0.3, -0.25) is 4.79 Å². The Morgan fingerprint density at radius 2 is 1.95 bits per heavy atom. The minimum absolute atomic E-state index is 0.00722. The lowest BCUT2D eigenvalue weighted by Gasteiger charge is -2.18. The van der Waals surface area contributed by atoms with Crippen LogP contribution in [0.25, 0.3) is 10.9 Å². The number of aryl methyl sites for hydroxylation is 1. The molecule has 2 aromatic carbocycles. The summed E-state index contributed by atoms with van der Waals surface area (Å²) in [5.41, 5.74) is 2.96. The van der Waals surface area contributed by atoms with E-state index in [1.807, 2.05) is 43.5 Å². The number of carbonyl (C=O) groups is 1. The summed E-state index contributed by atoms with van der Waals surface area (Å²) in [5.74, 6) is -0.230. The predicted molar refractivity (Wildman–Crippen MR) is 83.9 cm³/mol. The van der Waals surface area contributed by atoms with Crippen molar-refractivity contribution >= 4 is 22.5 Å². The first kappa shape index (κ1) is 13.2. The number of aromatic hydroxyl groups is 1. The van der Waals surface area contributed by atoms with E-state index < -0.39 is 0 Å². The van der Waals surface area contributed by atoms with E-state index in [0.717, 1.165) is 22.2 Å². The van der Waals surface area contributed by atoms with Crippen molar-refractivity contribution in [2.75, 3.05) is 11.9 Å². The van der Waals surface area contributed by atoms with Gasteiger partial charge in [-0.05, 0) is 48.2 Å². The van der Waals surface area contributed by atoms with Crippen molar-refractivity contribution in [1.29, 1.82) is 0 Å². The highest BCUT2D eigenvalue weighted by Gasteiger charge is 2.17. The summed E-state index contributed by atoms with van der Waals surface area (Å²) in [5, 5.41) is 11.0. The molecule has 4 heteroatoms. The van der Waals surface area contributed by atoms with Crippen molar-refractivity contribution in [3.05, 3.63) is 59.8 Å². The Labute approximate surface area is 122 Å². The van der Waals surface area contributed by atoms with Crippen molar-refractivity contribution < 1.29 is 9.90 Å². The zero-order chi connectivity index (χ0) is 15.0. The summed E-state index contributed by atoms with van der Waals surface area (Å²) in [6.07, 6.45) is 1.86. The molecule has 0 aliphatic rings. The number of rotatable bonds is 2. The van der Waals surface area contributed by atoms with E-state index >= 15 is 0 Å². The van der Waals surface area contributed by atoms with Crippen molar-refractivity contribution in [2.24, 2.45) is 0 Å². The van der Waals surface area contributed by atoms with Gasteiger partial charge < -0.3 is 15.0 Å². The van der Waals surface area contributed by atoms with Crippen molar-refractivity contribution in [3.8, 4) is 5.75 Å². The maximum atomic E-state index is 12.5. The van der Waals surface area contributed by atoms with Crippen LogP contribution >= 0.6 is 0 Å². The molecule has 0 fully saturated rings. The van der Waals surface area contributed by atoms with E-state index in [1.54, 1.807) is 19.2 Å². The van der Waals surface area contributed by atoms with Crippen LogP contribution in [0.4, 0.5) is 5.69 Å². The molecule has 0 saturated heterocycles. The molecule has 0 aliphatic heterocycles. The van der Waals surface area contributed by atoms with Gasteiger partial charge >= 0.3 is 0 Å². The van der Waals surface area contributed by atoms with Gasteiger partial charge in [0.25, 0.3) is 5.91 Å². The van der Waals surface area contributed by atoms with Crippen LogP contribution in [0.5, 0.6) is 5.75 Å². The molecule has 1 aromatic heterocycles. The monoisotopic (exact) mass is 280 g/mol. The fourth-order valence-electron chi connectivity index (χ4n) is 2.36. The molecule has 3 rings (SSSR count). The van der Waals surface area contributed by atoms with Gasteiger partial charge in [0, 0.05) is 24.4 Å². The lowest BCUT2D eigenvalue weighted by atomic mass is 10.1. The van der Waals surface area contributed by atoms with Crippen LogP contribution in [-0.2, 0) is 0 Å². The molecule has 0 spiro atoms. The van der Waals surface area contributed by atoms with Gasteiger partial charge in [-0.1, -0.05) is 12.1 Å². The first-order chi connectivity index (χ1) is 10.1. The number of amides is 1. The van der Waals surface area contributed by atoms with Gasteiger partial charge in [0.1, 0.15) is 5.75 Å². The van der Waals surface area contributed by atoms with Crippen LogP contribution in [0.3, 0.4) is 0 Å². The zero-order valence-electron chi connectivity index (χ0n) is 11.9. The Morgan fingerprint density at radius 3 is 2.71 bits per heavy atom. The van der Waals surface area contributed by atoms with E-state index in [1.165, 1.54) is 4.90 Å². The number of fused-ring (bicyclic) bond motifs is 1. The second-order valence-electron chi connectivity index (χ2n) is 5.13. The van der Waals surface area contributed by atoms with Gasteiger partial charge in [-0.2, -0.15) is 0 Å². The highest BCUT2D eigenvalue weighted by molar-refractivity contribution is 6.08. The number of nitrogens with one attached hydrogen (secondary N) is 1. The molecule has 0 saturated carbocycles. The number of H-pyrrole nitrogens is 1. The molecule has 21 heavy (non-hydrogen) atoms. The van der Waals surface area contributed by atoms with Crippen molar-refractivity contribution in [2.45, 2.75) is 6.92 Å². The van der Waals surface area contributed by atoms with E-state index in [2.05, 4.69) is 4.98 Å². The largest absolute Gasteiger partial charge is 0.507 e. The number of nitrogens with zero attached hydrogens (tertiary/aromatic N) is 1. The lowest BCUT2D eigenvalue weighted by Crippen LogP contribution is -2.26. The molecule has 0 unspecified atom stereocenters. The topological polar surface area (TPSA) is 56.3 Å². The van der Waals surface area contributed by atoms with Crippen molar-refractivity contribution in [3.63, 3.8) is 0 Å². The molecular weight excluding hydrogens is 264 g/mol. The highest BCUT2D eigenvalue weighted by atomic mass is 16.3. The molecule has 0 bridgehead atoms. The van der Waals surface area contributed by atoms with Crippen LogP contribution in [-0.4, -0.2) is 23.0 Å². The summed E-state index contributed by atoms with van der Waals surface area (Å²) < 4.78 is 0. The zero-order valence-corrected chi connectivity index (χ0v) is 11.9. The van der Waals surface area contributed by atoms with Gasteiger partial charge in [0.15, 0.2) is 0 Å². The molecule has 1 heterocycles. The summed E-state index contributed by atoms with van der Waals surface area (Å²) in [6.45, 7) is 1.87. The van der Waals surface area contributed by atoms with Gasteiger partial charge in [-0.15, -0.1) is 0 Å². The fourth-order valence-corrected chi connectivity index (χ4v) is 2.36. The van der Waals surface area contributed by atoms with Gasteiger partial charge in [0.05, 0.1) is 5.56 Å². The maximum Gasteiger partial charge on any atom is 0.261 e. The number of aromatic amines is 1. The summed E-state index contributed by atoms with van der Waals surface area (Å²) in [6, 6.07) is 12.8. The number of carbonyl (C=O) groups excluding carboxylic acids is 1. The average molecular weight is 280 g/mol. The first-order valence-corrected chi connectivity index (χ1v) is 6.71. The number of hydrogen-bond acceptors (Lipinski definition) is 2. The van der Waals surface area contributed by atoms with E-state index in [0.29, 0.717) is 5.56 Å². The number of benzene rings is 2. The summed E-state index contributed by atoms with van der Waals surface area (Å²) >= 11 is 0. The Hall–Kier alpha value is -2.75. The average Bonchev–Trinajstić information content (AvgIpc) is 2.93. The second-order valence-corrected chi connectivity index (χ2v) is 5.13. The molecule has 3 aromatic rings. The minimum atomic E-state index is -0.238. The van der Waals surface area contributed by atoms with Crippen LogP contribution in [0.15, 0.2) is 48.7 Å². The molecule has 106 valence electrons. The number of phenols is 1. The highest BCUT2D eigenvalue weighted by Crippen LogP contribution is 2.25. The van der Waals surface area contributed by atoms with E-state index in [9.17, 15) is 9.90 Å². The van der Waals surface area contributed by atoms with Crippen molar-refractivity contribution in [1.82, 2.24) is 4.98 Å². The molecular formula is C17H16N2O2. The molecule has 0 aliphatic carbocycles. The summed E-state index contributed by atoms with van der Waals surface area (Å²) in [7, 11) is 1.70. The maximum absolute atomic E-state index is 12.5. The van der Waals surface area contributed by atoms with Crippen LogP contribution in [0.1, 0.15) is 15.9 Å². The quantitative estimate of drug-likeness (QED) is 0.755. The van der Waals surface area contributed by atoms with E-state index in [-0.39, 0.29) is 11.7 Å². The number of hydrogen-bond donors (Lipinski definition) is 2. The fraction of sp³-hybridized carbons (Fsp3) is 0.118. The summed E-state index contributed by atoms with van der Waals surface area (Å²) in [4.78, 5) is 17.2. The van der Waals surface area contributed by atoms with Crippen LogP contribution in [0.2, 0.25) is 0 Å². The predicted octanol–water partition coefficient (Wildman–Crippen LogP) is 3.46. The van der Waals surface area contributed by atoms with Crippen LogP contribution in [0, 0.1) is 6.92 Å². The van der Waals surface area contributed by atoms with E-state index in [4.69, 9.17) is 0 Å². The number of aromatic nitrogens is 1. The third-order valence-electron chi connectivity index (χ3n) is 3.61. The third-order valence-corrected chi connectivity index (χ3v) is 3.61. The smallest absolute Gasteiger partial charge is 0.261 e. The standard InChI is InChI=1S/C17H16N2O2/c1-11-3-6-14(16(20)9-11)17(21)19(2)13-5-4-12-7-8-18-15(12)10-13/h3-10,18,20H,1-2H3. The van der Waals surface area contributed by atoms with Gasteiger partial charge in [-0.25, -0.2) is 0 Å². The molecule has 0 atom stereocenters. The second kappa shape index (κ2) is 4.98. The minimum Gasteiger partial charge on any atom is -0.507 e. The molecule has 0 radical (unpaired) electrons. The van der Waals surface area contributed by atoms with Crippen LogP contribution < -0.4 is 4.90 Å². The Bertz CT molecular complexity index is 821. The first-order valence-electron chi connectivity index (χ1n) is 6.71.